The summed E-state index contributed by atoms with van der Waals surface area (Å²) in [4.78, 5) is 0. The van der Waals surface area contributed by atoms with Gasteiger partial charge < -0.3 is 15.2 Å². The van der Waals surface area contributed by atoms with Gasteiger partial charge in [-0.25, -0.2) is 0 Å². The van der Waals surface area contributed by atoms with Gasteiger partial charge in [-0.3, -0.25) is 0 Å². The SMILES string of the molecule is C[C@@H](CCc1ccc(O)cc1)NC[C@@H]1CCO[C@H]1c1ccccc1. The lowest BCUT2D eigenvalue weighted by molar-refractivity contribution is 0.0899. The Kier molecular flexibility index (Phi) is 5.89. The quantitative estimate of drug-likeness (QED) is 0.806. The van der Waals surface area contributed by atoms with E-state index in [9.17, 15) is 5.11 Å². The van der Waals surface area contributed by atoms with Gasteiger partial charge in [-0.2, -0.15) is 0 Å². The van der Waals surface area contributed by atoms with Crippen LogP contribution in [0.4, 0.5) is 0 Å². The number of phenolic OH excluding ortho intramolecular Hbond substituents is 1. The van der Waals surface area contributed by atoms with Crippen LogP contribution < -0.4 is 5.32 Å². The molecule has 3 atom stereocenters. The molecule has 0 spiro atoms. The van der Waals surface area contributed by atoms with Crippen molar-refractivity contribution in [1.29, 1.82) is 0 Å². The van der Waals surface area contributed by atoms with Crippen molar-refractivity contribution in [3.05, 3.63) is 65.7 Å². The third kappa shape index (κ3) is 4.59. The summed E-state index contributed by atoms with van der Waals surface area (Å²) in [5.41, 5.74) is 2.56. The molecular weight excluding hydrogens is 298 g/mol. The Morgan fingerprint density at radius 3 is 2.62 bits per heavy atom. The van der Waals surface area contributed by atoms with Crippen LogP contribution in [0.5, 0.6) is 5.75 Å². The van der Waals surface area contributed by atoms with Crippen molar-refractivity contribution < 1.29 is 9.84 Å². The maximum Gasteiger partial charge on any atom is 0.115 e. The van der Waals surface area contributed by atoms with Crippen LogP contribution in [0.2, 0.25) is 0 Å². The zero-order chi connectivity index (χ0) is 16.8. The van der Waals surface area contributed by atoms with Gasteiger partial charge in [0.25, 0.3) is 0 Å². The molecule has 0 saturated carbocycles. The van der Waals surface area contributed by atoms with Gasteiger partial charge in [-0.15, -0.1) is 0 Å². The fourth-order valence-electron chi connectivity index (χ4n) is 3.35. The fourth-order valence-corrected chi connectivity index (χ4v) is 3.35. The van der Waals surface area contributed by atoms with Crippen molar-refractivity contribution in [2.75, 3.05) is 13.2 Å². The van der Waals surface area contributed by atoms with Crippen molar-refractivity contribution in [2.45, 2.75) is 38.3 Å². The summed E-state index contributed by atoms with van der Waals surface area (Å²) < 4.78 is 5.96. The van der Waals surface area contributed by atoms with Crippen LogP contribution in [0.1, 0.15) is 37.0 Å². The minimum Gasteiger partial charge on any atom is -0.508 e. The van der Waals surface area contributed by atoms with E-state index in [0.29, 0.717) is 17.7 Å². The number of nitrogens with one attached hydrogen (secondary N) is 1. The van der Waals surface area contributed by atoms with Crippen LogP contribution in [0.15, 0.2) is 54.6 Å². The number of rotatable bonds is 7. The number of aromatic hydroxyl groups is 1. The lowest BCUT2D eigenvalue weighted by Gasteiger charge is -2.22. The van der Waals surface area contributed by atoms with Crippen LogP contribution in [0, 0.1) is 5.92 Å². The summed E-state index contributed by atoms with van der Waals surface area (Å²) in [5, 5.41) is 13.0. The Morgan fingerprint density at radius 1 is 1.12 bits per heavy atom. The number of benzene rings is 2. The van der Waals surface area contributed by atoms with E-state index in [-0.39, 0.29) is 6.10 Å². The molecule has 0 amide bonds. The second kappa shape index (κ2) is 8.32. The minimum absolute atomic E-state index is 0.225. The standard InChI is InChI=1S/C21H27NO2/c1-16(7-8-17-9-11-20(23)12-10-17)22-15-19-13-14-24-21(19)18-5-3-2-4-6-18/h2-6,9-12,16,19,21-23H,7-8,13-15H2,1H3/t16-,19-,21-/m0/s1. The molecule has 0 aliphatic carbocycles. The van der Waals surface area contributed by atoms with Crippen LogP contribution in [-0.2, 0) is 11.2 Å². The molecule has 2 aromatic carbocycles. The molecular formula is C21H27NO2. The molecule has 1 aliphatic heterocycles. The summed E-state index contributed by atoms with van der Waals surface area (Å²) >= 11 is 0. The Balaban J connectivity index is 1.45. The first-order valence-electron chi connectivity index (χ1n) is 8.90. The number of hydrogen-bond acceptors (Lipinski definition) is 3. The van der Waals surface area contributed by atoms with E-state index >= 15 is 0 Å². The third-order valence-electron chi connectivity index (χ3n) is 4.87. The zero-order valence-corrected chi connectivity index (χ0v) is 14.3. The summed E-state index contributed by atoms with van der Waals surface area (Å²) in [6, 6.07) is 18.5. The molecule has 3 rings (SSSR count). The summed E-state index contributed by atoms with van der Waals surface area (Å²) in [7, 11) is 0. The highest BCUT2D eigenvalue weighted by Crippen LogP contribution is 2.33. The Morgan fingerprint density at radius 2 is 1.88 bits per heavy atom. The topological polar surface area (TPSA) is 41.5 Å². The molecule has 2 aromatic rings. The Labute approximate surface area is 144 Å². The monoisotopic (exact) mass is 325 g/mol. The van der Waals surface area contributed by atoms with Gasteiger partial charge in [-0.05, 0) is 49.4 Å². The Bertz CT molecular complexity index is 611. The van der Waals surface area contributed by atoms with Crippen molar-refractivity contribution in [3.8, 4) is 5.75 Å². The van der Waals surface area contributed by atoms with E-state index in [0.717, 1.165) is 32.4 Å². The van der Waals surface area contributed by atoms with Crippen LogP contribution in [0.25, 0.3) is 0 Å². The molecule has 1 fully saturated rings. The third-order valence-corrected chi connectivity index (χ3v) is 4.87. The van der Waals surface area contributed by atoms with E-state index in [1.807, 2.05) is 12.1 Å². The van der Waals surface area contributed by atoms with Gasteiger partial charge in [0.15, 0.2) is 0 Å². The van der Waals surface area contributed by atoms with Gasteiger partial charge in [0.1, 0.15) is 5.75 Å². The van der Waals surface area contributed by atoms with E-state index in [4.69, 9.17) is 4.74 Å². The zero-order valence-electron chi connectivity index (χ0n) is 14.3. The van der Waals surface area contributed by atoms with Crippen LogP contribution >= 0.6 is 0 Å². The minimum atomic E-state index is 0.225. The average molecular weight is 325 g/mol. The molecule has 0 bridgehead atoms. The molecule has 0 radical (unpaired) electrons. The molecule has 2 N–H and O–H groups in total. The first-order chi connectivity index (χ1) is 11.7. The molecule has 1 aliphatic rings. The summed E-state index contributed by atoms with van der Waals surface area (Å²) in [6.45, 7) is 4.10. The molecule has 24 heavy (non-hydrogen) atoms. The summed E-state index contributed by atoms with van der Waals surface area (Å²) in [5.74, 6) is 0.877. The molecule has 128 valence electrons. The second-order valence-electron chi connectivity index (χ2n) is 6.77. The normalized spacial score (nSPS) is 21.7. The van der Waals surface area contributed by atoms with Crippen molar-refractivity contribution in [3.63, 3.8) is 0 Å². The predicted molar refractivity (Wildman–Crippen MR) is 97.1 cm³/mol. The maximum atomic E-state index is 9.33. The smallest absolute Gasteiger partial charge is 0.115 e. The highest BCUT2D eigenvalue weighted by molar-refractivity contribution is 5.26. The first kappa shape index (κ1) is 17.0. The van der Waals surface area contributed by atoms with Gasteiger partial charge in [0.05, 0.1) is 6.10 Å². The highest BCUT2D eigenvalue weighted by Gasteiger charge is 2.29. The largest absolute Gasteiger partial charge is 0.508 e. The van der Waals surface area contributed by atoms with Gasteiger partial charge in [0.2, 0.25) is 0 Å². The molecule has 3 nitrogen and oxygen atoms in total. The fraction of sp³-hybridized carbons (Fsp3) is 0.429. The maximum absolute atomic E-state index is 9.33. The lowest BCUT2D eigenvalue weighted by Crippen LogP contribution is -2.32. The predicted octanol–water partition coefficient (Wildman–Crippen LogP) is 4.08. The van der Waals surface area contributed by atoms with Crippen LogP contribution in [0.3, 0.4) is 0 Å². The molecule has 1 saturated heterocycles. The first-order valence-corrected chi connectivity index (χ1v) is 8.90. The molecule has 3 heteroatoms. The number of ether oxygens (including phenoxy) is 1. The summed E-state index contributed by atoms with van der Waals surface area (Å²) in [6.07, 6.45) is 3.46. The average Bonchev–Trinajstić information content (AvgIpc) is 3.09. The van der Waals surface area contributed by atoms with E-state index in [1.54, 1.807) is 12.1 Å². The number of aryl methyl sites for hydroxylation is 1. The second-order valence-corrected chi connectivity index (χ2v) is 6.77. The van der Waals surface area contributed by atoms with Crippen molar-refractivity contribution in [1.82, 2.24) is 5.32 Å². The van der Waals surface area contributed by atoms with E-state index < -0.39 is 0 Å². The van der Waals surface area contributed by atoms with Crippen LogP contribution in [-0.4, -0.2) is 24.3 Å². The van der Waals surface area contributed by atoms with E-state index in [1.165, 1.54) is 11.1 Å². The van der Waals surface area contributed by atoms with Crippen molar-refractivity contribution in [2.24, 2.45) is 5.92 Å². The highest BCUT2D eigenvalue weighted by atomic mass is 16.5. The van der Waals surface area contributed by atoms with Crippen molar-refractivity contribution >= 4 is 0 Å². The lowest BCUT2D eigenvalue weighted by atomic mass is 9.95. The molecule has 1 heterocycles. The molecule has 0 aromatic heterocycles. The van der Waals surface area contributed by atoms with Gasteiger partial charge >= 0.3 is 0 Å². The van der Waals surface area contributed by atoms with E-state index in [2.05, 4.69) is 42.6 Å². The Hall–Kier alpha value is -1.84. The molecule has 0 unspecified atom stereocenters. The van der Waals surface area contributed by atoms with Gasteiger partial charge in [-0.1, -0.05) is 42.5 Å². The number of hydrogen-bond donors (Lipinski definition) is 2. The number of phenols is 1. The van der Waals surface area contributed by atoms with Gasteiger partial charge in [0, 0.05) is 25.1 Å².